The van der Waals surface area contributed by atoms with Crippen molar-refractivity contribution in [3.8, 4) is 0 Å². The molecule has 164 valence electrons. The van der Waals surface area contributed by atoms with Crippen molar-refractivity contribution in [3.05, 3.63) is 59.7 Å². The molecule has 2 aromatic carbocycles. The smallest absolute Gasteiger partial charge is 0.243 e. The van der Waals surface area contributed by atoms with Gasteiger partial charge >= 0.3 is 0 Å². The highest BCUT2D eigenvalue weighted by molar-refractivity contribution is 7.89. The molecule has 0 saturated heterocycles. The number of hydrogen-bond donors (Lipinski definition) is 2. The number of nitrogens with one attached hydrogen (secondary N) is 2. The monoisotopic (exact) mass is 431 g/mol. The van der Waals surface area contributed by atoms with Gasteiger partial charge in [0.2, 0.25) is 15.9 Å². The Morgan fingerprint density at radius 2 is 1.50 bits per heavy atom. The standard InChI is InChI=1S/C23H33N3O3S/c1-6-19-9-13-21(14-10-19)25-23(27)18(5)24-17(4)20-11-15-22(16-12-20)30(28,29)26(7-2)8-3/h9-18,24H,6-8H2,1-5H3,(H,25,27)/t17-,18-/m0/s1. The zero-order valence-corrected chi connectivity index (χ0v) is 19.3. The van der Waals surface area contributed by atoms with Crippen molar-refractivity contribution in [1.82, 2.24) is 9.62 Å². The Bertz CT molecular complexity index is 921. The molecule has 0 aromatic heterocycles. The summed E-state index contributed by atoms with van der Waals surface area (Å²) in [6.45, 7) is 10.4. The van der Waals surface area contributed by atoms with Crippen molar-refractivity contribution in [1.29, 1.82) is 0 Å². The molecule has 30 heavy (non-hydrogen) atoms. The van der Waals surface area contributed by atoms with Gasteiger partial charge in [-0.05, 0) is 55.7 Å². The minimum Gasteiger partial charge on any atom is -0.325 e. The van der Waals surface area contributed by atoms with Gasteiger partial charge in [-0.3, -0.25) is 10.1 Å². The van der Waals surface area contributed by atoms with Crippen LogP contribution in [0.2, 0.25) is 0 Å². The van der Waals surface area contributed by atoms with Gasteiger partial charge in [-0.15, -0.1) is 0 Å². The first-order valence-corrected chi connectivity index (χ1v) is 11.9. The first-order chi connectivity index (χ1) is 14.2. The molecule has 0 saturated carbocycles. The summed E-state index contributed by atoms with van der Waals surface area (Å²) in [6, 6.07) is 14.1. The topological polar surface area (TPSA) is 78.5 Å². The molecule has 2 N–H and O–H groups in total. The van der Waals surface area contributed by atoms with E-state index in [0.717, 1.165) is 17.7 Å². The molecule has 2 rings (SSSR count). The molecular formula is C23H33N3O3S. The van der Waals surface area contributed by atoms with Crippen LogP contribution >= 0.6 is 0 Å². The zero-order chi connectivity index (χ0) is 22.3. The number of carbonyl (C=O) groups is 1. The minimum atomic E-state index is -3.47. The number of hydrogen-bond acceptors (Lipinski definition) is 4. The lowest BCUT2D eigenvalue weighted by atomic mass is 10.1. The van der Waals surface area contributed by atoms with Crippen molar-refractivity contribution in [2.45, 2.75) is 58.0 Å². The molecule has 0 fully saturated rings. The maximum atomic E-state index is 12.6. The van der Waals surface area contributed by atoms with Crippen LogP contribution in [-0.2, 0) is 21.2 Å². The molecule has 0 aliphatic heterocycles. The van der Waals surface area contributed by atoms with E-state index in [4.69, 9.17) is 0 Å². The molecule has 0 radical (unpaired) electrons. The summed E-state index contributed by atoms with van der Waals surface area (Å²) in [6.07, 6.45) is 0.957. The molecule has 0 heterocycles. The number of aryl methyl sites for hydroxylation is 1. The van der Waals surface area contributed by atoms with Gasteiger partial charge in [-0.1, -0.05) is 45.0 Å². The van der Waals surface area contributed by atoms with Crippen molar-refractivity contribution >= 4 is 21.6 Å². The Morgan fingerprint density at radius 3 is 2.00 bits per heavy atom. The van der Waals surface area contributed by atoms with Crippen LogP contribution in [0.1, 0.15) is 51.8 Å². The second-order valence-electron chi connectivity index (χ2n) is 7.31. The fourth-order valence-corrected chi connectivity index (χ4v) is 4.72. The molecule has 0 aliphatic carbocycles. The van der Waals surface area contributed by atoms with Crippen LogP contribution in [-0.4, -0.2) is 37.8 Å². The van der Waals surface area contributed by atoms with Gasteiger partial charge in [0.15, 0.2) is 0 Å². The molecule has 0 bridgehead atoms. The first-order valence-electron chi connectivity index (χ1n) is 10.5. The summed E-state index contributed by atoms with van der Waals surface area (Å²) in [4.78, 5) is 12.8. The summed E-state index contributed by atoms with van der Waals surface area (Å²) in [7, 11) is -3.47. The maximum Gasteiger partial charge on any atom is 0.243 e. The van der Waals surface area contributed by atoms with Crippen LogP contribution in [0.3, 0.4) is 0 Å². The summed E-state index contributed by atoms with van der Waals surface area (Å²) in [5, 5.41) is 6.19. The number of benzene rings is 2. The van der Waals surface area contributed by atoms with Gasteiger partial charge in [0.1, 0.15) is 0 Å². The summed E-state index contributed by atoms with van der Waals surface area (Å²) < 4.78 is 26.7. The van der Waals surface area contributed by atoms with Gasteiger partial charge in [-0.2, -0.15) is 4.31 Å². The Labute approximate surface area is 180 Å². The summed E-state index contributed by atoms with van der Waals surface area (Å²) >= 11 is 0. The van der Waals surface area contributed by atoms with Crippen LogP contribution in [0.5, 0.6) is 0 Å². The van der Waals surface area contributed by atoms with Crippen LogP contribution in [0.25, 0.3) is 0 Å². The number of carbonyl (C=O) groups excluding carboxylic acids is 1. The van der Waals surface area contributed by atoms with Crippen molar-refractivity contribution in [2.24, 2.45) is 0 Å². The van der Waals surface area contributed by atoms with Gasteiger partial charge in [0, 0.05) is 24.8 Å². The van der Waals surface area contributed by atoms with Crippen LogP contribution in [0.4, 0.5) is 5.69 Å². The van der Waals surface area contributed by atoms with Crippen molar-refractivity contribution in [3.63, 3.8) is 0 Å². The van der Waals surface area contributed by atoms with E-state index >= 15 is 0 Å². The number of nitrogens with zero attached hydrogens (tertiary/aromatic N) is 1. The van der Waals surface area contributed by atoms with E-state index in [1.807, 2.05) is 52.0 Å². The summed E-state index contributed by atoms with van der Waals surface area (Å²) in [5.41, 5.74) is 2.91. The normalized spacial score (nSPS) is 13.8. The quantitative estimate of drug-likeness (QED) is 0.597. The van der Waals surface area contributed by atoms with Crippen molar-refractivity contribution < 1.29 is 13.2 Å². The number of anilines is 1. The second-order valence-corrected chi connectivity index (χ2v) is 9.25. The van der Waals surface area contributed by atoms with Gasteiger partial charge in [-0.25, -0.2) is 8.42 Å². The number of rotatable bonds is 10. The lowest BCUT2D eigenvalue weighted by Gasteiger charge is -2.21. The molecule has 0 unspecified atom stereocenters. The van der Waals surface area contributed by atoms with E-state index in [2.05, 4.69) is 17.6 Å². The second kappa shape index (κ2) is 10.7. The molecule has 0 spiro atoms. The minimum absolute atomic E-state index is 0.113. The lowest BCUT2D eigenvalue weighted by molar-refractivity contribution is -0.117. The van der Waals surface area contributed by atoms with E-state index in [9.17, 15) is 13.2 Å². The van der Waals surface area contributed by atoms with Crippen molar-refractivity contribution in [2.75, 3.05) is 18.4 Å². The van der Waals surface area contributed by atoms with Gasteiger partial charge in [0.25, 0.3) is 0 Å². The van der Waals surface area contributed by atoms with Gasteiger partial charge in [0.05, 0.1) is 10.9 Å². The molecule has 7 heteroatoms. The van der Waals surface area contributed by atoms with E-state index in [1.54, 1.807) is 24.3 Å². The average molecular weight is 432 g/mol. The molecule has 1 amide bonds. The first kappa shape index (κ1) is 24.1. The number of sulfonamides is 1. The third-order valence-corrected chi connectivity index (χ3v) is 7.31. The molecule has 2 aromatic rings. The SMILES string of the molecule is CCc1ccc(NC(=O)[C@H](C)N[C@@H](C)c2ccc(S(=O)(=O)N(CC)CC)cc2)cc1. The molecule has 6 nitrogen and oxygen atoms in total. The van der Waals surface area contributed by atoms with Crippen LogP contribution < -0.4 is 10.6 Å². The zero-order valence-electron chi connectivity index (χ0n) is 18.5. The van der Waals surface area contributed by atoms with Crippen LogP contribution in [0, 0.1) is 0 Å². The predicted octanol–water partition coefficient (Wildman–Crippen LogP) is 3.96. The van der Waals surface area contributed by atoms with E-state index in [1.165, 1.54) is 9.87 Å². The van der Waals surface area contributed by atoms with Gasteiger partial charge < -0.3 is 5.32 Å². The fourth-order valence-electron chi connectivity index (χ4n) is 3.26. The van der Waals surface area contributed by atoms with Crippen LogP contribution in [0.15, 0.2) is 53.4 Å². The largest absolute Gasteiger partial charge is 0.325 e. The fraction of sp³-hybridized carbons (Fsp3) is 0.435. The predicted molar refractivity (Wildman–Crippen MR) is 122 cm³/mol. The van der Waals surface area contributed by atoms with E-state index < -0.39 is 16.1 Å². The average Bonchev–Trinajstić information content (AvgIpc) is 2.75. The Hall–Kier alpha value is -2.22. The summed E-state index contributed by atoms with van der Waals surface area (Å²) in [5.74, 6) is -0.119. The lowest BCUT2D eigenvalue weighted by Crippen LogP contribution is -2.39. The number of amides is 1. The Kier molecular flexibility index (Phi) is 8.58. The Morgan fingerprint density at radius 1 is 0.933 bits per heavy atom. The third-order valence-electron chi connectivity index (χ3n) is 5.25. The molecule has 2 atom stereocenters. The highest BCUT2D eigenvalue weighted by atomic mass is 32.2. The van der Waals surface area contributed by atoms with E-state index in [0.29, 0.717) is 13.1 Å². The highest BCUT2D eigenvalue weighted by Gasteiger charge is 2.22. The third kappa shape index (κ3) is 5.90. The Balaban J connectivity index is 2.00. The highest BCUT2D eigenvalue weighted by Crippen LogP contribution is 2.20. The maximum absolute atomic E-state index is 12.6. The van der Waals surface area contributed by atoms with E-state index in [-0.39, 0.29) is 16.8 Å². The molecule has 0 aliphatic rings. The molecular weight excluding hydrogens is 398 g/mol.